The topological polar surface area (TPSA) is 38.9 Å². The Bertz CT molecular complexity index is 2500. The van der Waals surface area contributed by atoms with Crippen molar-refractivity contribution in [3.63, 3.8) is 0 Å². The highest BCUT2D eigenvalue weighted by molar-refractivity contribution is 6.21. The molecule has 0 radical (unpaired) electrons. The molecule has 43 heavy (non-hydrogen) atoms. The van der Waals surface area contributed by atoms with E-state index >= 15 is 0 Å². The fourth-order valence-corrected chi connectivity index (χ4v) is 6.45. The molecule has 3 heteroatoms. The molecular weight excluding hydrogens is 524 g/mol. The maximum Gasteiger partial charge on any atom is 0.161 e. The van der Waals surface area contributed by atoms with Gasteiger partial charge in [-0.1, -0.05) is 121 Å². The maximum atomic E-state index is 6.46. The Morgan fingerprint density at radius 3 is 1.95 bits per heavy atom. The van der Waals surface area contributed by atoms with E-state index in [1.807, 2.05) is 6.07 Å². The summed E-state index contributed by atoms with van der Waals surface area (Å²) in [6.07, 6.45) is 0. The molecular formula is C40H24N2O. The zero-order valence-corrected chi connectivity index (χ0v) is 23.2. The zero-order valence-electron chi connectivity index (χ0n) is 23.2. The summed E-state index contributed by atoms with van der Waals surface area (Å²) in [7, 11) is 0. The molecule has 2 aromatic heterocycles. The highest BCUT2D eigenvalue weighted by Gasteiger charge is 2.20. The van der Waals surface area contributed by atoms with Crippen molar-refractivity contribution in [2.45, 2.75) is 0 Å². The van der Waals surface area contributed by atoms with Crippen LogP contribution in [0.2, 0.25) is 0 Å². The van der Waals surface area contributed by atoms with Crippen LogP contribution < -0.4 is 0 Å². The van der Waals surface area contributed by atoms with Gasteiger partial charge in [0.25, 0.3) is 0 Å². The van der Waals surface area contributed by atoms with Crippen LogP contribution in [0.4, 0.5) is 0 Å². The number of hydrogen-bond donors (Lipinski definition) is 0. The van der Waals surface area contributed by atoms with Crippen molar-refractivity contribution >= 4 is 54.4 Å². The monoisotopic (exact) mass is 548 g/mol. The number of hydrogen-bond acceptors (Lipinski definition) is 3. The second-order valence-electron chi connectivity index (χ2n) is 11.0. The molecule has 2 heterocycles. The zero-order chi connectivity index (χ0) is 28.3. The molecule has 0 aliphatic heterocycles. The van der Waals surface area contributed by atoms with Crippen LogP contribution in [0.5, 0.6) is 0 Å². The Kier molecular flexibility index (Phi) is 5.20. The molecule has 0 fully saturated rings. The largest absolute Gasteiger partial charge is 0.456 e. The Labute approximate surface area is 247 Å². The molecule has 0 atom stereocenters. The van der Waals surface area contributed by atoms with E-state index in [0.29, 0.717) is 5.82 Å². The lowest BCUT2D eigenvalue weighted by Crippen LogP contribution is -1.97. The maximum absolute atomic E-state index is 6.46. The van der Waals surface area contributed by atoms with Gasteiger partial charge in [-0.05, 0) is 56.9 Å². The number of aromatic nitrogens is 2. The molecule has 0 unspecified atom stereocenters. The summed E-state index contributed by atoms with van der Waals surface area (Å²) in [5, 5.41) is 7.75. The first-order valence-electron chi connectivity index (χ1n) is 14.5. The fraction of sp³-hybridized carbons (Fsp3) is 0. The van der Waals surface area contributed by atoms with E-state index in [4.69, 9.17) is 14.4 Å². The van der Waals surface area contributed by atoms with Gasteiger partial charge in [-0.15, -0.1) is 0 Å². The molecule has 0 bridgehead atoms. The van der Waals surface area contributed by atoms with Gasteiger partial charge in [0.05, 0.1) is 16.6 Å². The van der Waals surface area contributed by atoms with Crippen LogP contribution >= 0.6 is 0 Å². The van der Waals surface area contributed by atoms with E-state index in [1.54, 1.807) is 0 Å². The van der Waals surface area contributed by atoms with Crippen LogP contribution in [-0.2, 0) is 0 Å². The fourth-order valence-electron chi connectivity index (χ4n) is 6.45. The first-order valence-corrected chi connectivity index (χ1v) is 14.5. The highest BCUT2D eigenvalue weighted by atomic mass is 16.3. The van der Waals surface area contributed by atoms with Gasteiger partial charge in [-0.3, -0.25) is 0 Å². The molecule has 0 amide bonds. The third kappa shape index (κ3) is 3.75. The number of fused-ring (bicyclic) bond motifs is 7. The molecule has 9 aromatic rings. The van der Waals surface area contributed by atoms with Crippen molar-refractivity contribution in [2.24, 2.45) is 0 Å². The molecule has 0 saturated heterocycles. The first kappa shape index (κ1) is 23.9. The van der Waals surface area contributed by atoms with E-state index in [9.17, 15) is 0 Å². The van der Waals surface area contributed by atoms with Gasteiger partial charge in [0.1, 0.15) is 11.2 Å². The van der Waals surface area contributed by atoms with Crippen LogP contribution in [0.15, 0.2) is 150 Å². The lowest BCUT2D eigenvalue weighted by Gasteiger charge is -2.14. The first-order chi connectivity index (χ1) is 21.3. The predicted molar refractivity (Wildman–Crippen MR) is 178 cm³/mol. The van der Waals surface area contributed by atoms with Gasteiger partial charge in [-0.25, -0.2) is 9.97 Å². The van der Waals surface area contributed by atoms with Crippen LogP contribution in [0, 0.1) is 0 Å². The molecule has 0 aliphatic carbocycles. The third-order valence-corrected chi connectivity index (χ3v) is 8.46. The van der Waals surface area contributed by atoms with Crippen molar-refractivity contribution < 1.29 is 4.42 Å². The Hall–Kier alpha value is -5.80. The number of furan rings is 1. The van der Waals surface area contributed by atoms with Gasteiger partial charge in [0, 0.05) is 21.9 Å². The van der Waals surface area contributed by atoms with Gasteiger partial charge in [0.2, 0.25) is 0 Å². The quantitative estimate of drug-likeness (QED) is 0.220. The average Bonchev–Trinajstić information content (AvgIpc) is 3.44. The Morgan fingerprint density at radius 2 is 1.09 bits per heavy atom. The normalized spacial score (nSPS) is 11.7. The van der Waals surface area contributed by atoms with Crippen LogP contribution in [0.1, 0.15) is 0 Å². The molecule has 0 N–H and O–H groups in total. The summed E-state index contributed by atoms with van der Waals surface area (Å²) in [6.45, 7) is 0. The average molecular weight is 549 g/mol. The van der Waals surface area contributed by atoms with Gasteiger partial charge in [-0.2, -0.15) is 0 Å². The van der Waals surface area contributed by atoms with Crippen molar-refractivity contribution in [1.29, 1.82) is 0 Å². The summed E-state index contributed by atoms with van der Waals surface area (Å²) in [4.78, 5) is 10.7. The summed E-state index contributed by atoms with van der Waals surface area (Å²) in [5.41, 5.74) is 7.79. The lowest BCUT2D eigenvalue weighted by atomic mass is 9.96. The molecule has 3 nitrogen and oxygen atoms in total. The summed E-state index contributed by atoms with van der Waals surface area (Å²) < 4.78 is 6.46. The molecule has 0 saturated carbocycles. The number of nitrogens with zero attached hydrogens (tertiary/aromatic N) is 2. The molecule has 0 spiro atoms. The summed E-state index contributed by atoms with van der Waals surface area (Å²) in [5.74, 6) is 0.692. The Morgan fingerprint density at radius 1 is 0.419 bits per heavy atom. The van der Waals surface area contributed by atoms with Crippen molar-refractivity contribution in [2.75, 3.05) is 0 Å². The summed E-state index contributed by atoms with van der Waals surface area (Å²) in [6, 6.07) is 50.8. The highest BCUT2D eigenvalue weighted by Crippen LogP contribution is 2.41. The molecule has 7 aromatic carbocycles. The van der Waals surface area contributed by atoms with Crippen molar-refractivity contribution in [3.8, 4) is 33.8 Å². The van der Waals surface area contributed by atoms with E-state index in [-0.39, 0.29) is 0 Å². The third-order valence-electron chi connectivity index (χ3n) is 8.46. The van der Waals surface area contributed by atoms with E-state index in [0.717, 1.165) is 71.6 Å². The second-order valence-corrected chi connectivity index (χ2v) is 11.0. The molecule has 200 valence electrons. The minimum Gasteiger partial charge on any atom is -0.456 e. The SMILES string of the molecule is c1ccc(-c2ccccc2-c2nc(-c3cccc4ccccc34)c3ccc4oc5cc6ccccc6cc5c4c3n2)cc1. The minimum atomic E-state index is 0.692. The standard InChI is InChI=1S/C40H24N2O/c1-2-11-25(12-3-1)30-18-8-9-19-32(30)40-41-38(31-20-10-16-26-13-6-7-17-29(26)31)33-21-22-35-37(39(33)42-40)34-23-27-14-4-5-15-28(27)24-36(34)43-35/h1-24H. The van der Waals surface area contributed by atoms with Crippen molar-refractivity contribution in [1.82, 2.24) is 9.97 Å². The number of benzene rings is 7. The van der Waals surface area contributed by atoms with Crippen LogP contribution in [0.25, 0.3) is 88.2 Å². The second kappa shape index (κ2) is 9.37. The minimum absolute atomic E-state index is 0.692. The predicted octanol–water partition coefficient (Wildman–Crippen LogP) is 10.8. The van der Waals surface area contributed by atoms with Gasteiger partial charge >= 0.3 is 0 Å². The van der Waals surface area contributed by atoms with Crippen LogP contribution in [0.3, 0.4) is 0 Å². The summed E-state index contributed by atoms with van der Waals surface area (Å²) >= 11 is 0. The molecule has 0 aliphatic rings. The van der Waals surface area contributed by atoms with E-state index < -0.39 is 0 Å². The van der Waals surface area contributed by atoms with Crippen molar-refractivity contribution in [3.05, 3.63) is 146 Å². The Balaban J connectivity index is 1.44. The lowest BCUT2D eigenvalue weighted by molar-refractivity contribution is 0.669. The van der Waals surface area contributed by atoms with E-state index in [1.165, 1.54) is 10.8 Å². The molecule has 9 rings (SSSR count). The van der Waals surface area contributed by atoms with E-state index in [2.05, 4.69) is 140 Å². The smallest absolute Gasteiger partial charge is 0.161 e. The number of rotatable bonds is 3. The van der Waals surface area contributed by atoms with Gasteiger partial charge < -0.3 is 4.42 Å². The van der Waals surface area contributed by atoms with Crippen LogP contribution in [-0.4, -0.2) is 9.97 Å². The van der Waals surface area contributed by atoms with Gasteiger partial charge in [0.15, 0.2) is 5.82 Å².